The van der Waals surface area contributed by atoms with Crippen LogP contribution in [0.15, 0.2) is 12.1 Å². The van der Waals surface area contributed by atoms with Crippen LogP contribution >= 0.6 is 0 Å². The SMILES string of the molecule is CCc1cc(N)c2c(c1)OCO2. The molecule has 0 saturated heterocycles. The summed E-state index contributed by atoms with van der Waals surface area (Å²) < 4.78 is 10.4. The molecule has 1 aliphatic heterocycles. The second kappa shape index (κ2) is 2.59. The van der Waals surface area contributed by atoms with Crippen LogP contribution in [0.25, 0.3) is 0 Å². The van der Waals surface area contributed by atoms with Gasteiger partial charge in [-0.1, -0.05) is 6.92 Å². The number of benzene rings is 1. The molecular weight excluding hydrogens is 154 g/mol. The second-order valence-corrected chi connectivity index (χ2v) is 2.77. The maximum Gasteiger partial charge on any atom is 0.231 e. The Kier molecular flexibility index (Phi) is 1.57. The Morgan fingerprint density at radius 3 is 3.00 bits per heavy atom. The van der Waals surface area contributed by atoms with Crippen LogP contribution in [-0.4, -0.2) is 6.79 Å². The van der Waals surface area contributed by atoms with Gasteiger partial charge in [-0.05, 0) is 24.1 Å². The van der Waals surface area contributed by atoms with Crippen molar-refractivity contribution in [1.82, 2.24) is 0 Å². The molecule has 3 heteroatoms. The Morgan fingerprint density at radius 2 is 2.25 bits per heavy atom. The molecule has 0 atom stereocenters. The van der Waals surface area contributed by atoms with Gasteiger partial charge in [0, 0.05) is 0 Å². The molecule has 64 valence electrons. The average Bonchev–Trinajstić information content (AvgIpc) is 2.52. The van der Waals surface area contributed by atoms with Crippen molar-refractivity contribution in [3.05, 3.63) is 17.7 Å². The van der Waals surface area contributed by atoms with Gasteiger partial charge < -0.3 is 15.2 Å². The number of ether oxygens (including phenoxy) is 2. The summed E-state index contributed by atoms with van der Waals surface area (Å²) in [6, 6.07) is 3.90. The van der Waals surface area contributed by atoms with Crippen molar-refractivity contribution in [3.63, 3.8) is 0 Å². The first kappa shape index (κ1) is 7.28. The molecule has 0 spiro atoms. The Morgan fingerprint density at radius 1 is 1.42 bits per heavy atom. The van der Waals surface area contributed by atoms with E-state index in [9.17, 15) is 0 Å². The molecule has 0 fully saturated rings. The van der Waals surface area contributed by atoms with E-state index in [-0.39, 0.29) is 6.79 Å². The minimum atomic E-state index is 0.284. The molecular formula is C9H11NO2. The number of aryl methyl sites for hydroxylation is 1. The number of hydrogen-bond acceptors (Lipinski definition) is 3. The lowest BCUT2D eigenvalue weighted by Gasteiger charge is -2.02. The van der Waals surface area contributed by atoms with Crippen LogP contribution in [0.3, 0.4) is 0 Å². The largest absolute Gasteiger partial charge is 0.453 e. The van der Waals surface area contributed by atoms with Gasteiger partial charge in [-0.3, -0.25) is 0 Å². The van der Waals surface area contributed by atoms with Crippen LogP contribution in [0.1, 0.15) is 12.5 Å². The molecule has 0 radical (unpaired) electrons. The molecule has 2 N–H and O–H groups in total. The van der Waals surface area contributed by atoms with Gasteiger partial charge in [0.1, 0.15) is 0 Å². The van der Waals surface area contributed by atoms with Crippen molar-refractivity contribution in [3.8, 4) is 11.5 Å². The molecule has 1 aromatic carbocycles. The quantitative estimate of drug-likeness (QED) is 0.642. The molecule has 1 heterocycles. The lowest BCUT2D eigenvalue weighted by atomic mass is 10.1. The van der Waals surface area contributed by atoms with Gasteiger partial charge in [0.25, 0.3) is 0 Å². The zero-order chi connectivity index (χ0) is 8.55. The first-order valence-corrected chi connectivity index (χ1v) is 3.99. The van der Waals surface area contributed by atoms with Crippen LogP contribution in [0.4, 0.5) is 5.69 Å². The number of hydrogen-bond donors (Lipinski definition) is 1. The topological polar surface area (TPSA) is 44.5 Å². The van der Waals surface area contributed by atoms with E-state index in [0.29, 0.717) is 11.4 Å². The summed E-state index contributed by atoms with van der Waals surface area (Å²) >= 11 is 0. The summed E-state index contributed by atoms with van der Waals surface area (Å²) in [6.45, 7) is 2.36. The predicted molar refractivity (Wildman–Crippen MR) is 46.4 cm³/mol. The predicted octanol–water partition coefficient (Wildman–Crippen LogP) is 1.56. The third-order valence-corrected chi connectivity index (χ3v) is 1.97. The number of nitrogens with two attached hydrogens (primary N) is 1. The van der Waals surface area contributed by atoms with Crippen LogP contribution in [0.2, 0.25) is 0 Å². The Hall–Kier alpha value is -1.38. The maximum absolute atomic E-state index is 5.74. The minimum Gasteiger partial charge on any atom is -0.453 e. The summed E-state index contributed by atoms with van der Waals surface area (Å²) in [4.78, 5) is 0. The fourth-order valence-corrected chi connectivity index (χ4v) is 1.30. The van der Waals surface area contributed by atoms with E-state index in [1.165, 1.54) is 5.56 Å². The third kappa shape index (κ3) is 0.978. The highest BCUT2D eigenvalue weighted by molar-refractivity contribution is 5.63. The zero-order valence-electron chi connectivity index (χ0n) is 6.96. The lowest BCUT2D eigenvalue weighted by Crippen LogP contribution is -1.94. The first-order valence-electron chi connectivity index (χ1n) is 3.99. The van der Waals surface area contributed by atoms with E-state index in [1.54, 1.807) is 0 Å². The van der Waals surface area contributed by atoms with E-state index in [4.69, 9.17) is 15.2 Å². The fraction of sp³-hybridized carbons (Fsp3) is 0.333. The third-order valence-electron chi connectivity index (χ3n) is 1.97. The van der Waals surface area contributed by atoms with Gasteiger partial charge in [-0.2, -0.15) is 0 Å². The fourth-order valence-electron chi connectivity index (χ4n) is 1.30. The van der Waals surface area contributed by atoms with Crippen molar-refractivity contribution in [2.45, 2.75) is 13.3 Å². The molecule has 0 aliphatic carbocycles. The van der Waals surface area contributed by atoms with Crippen LogP contribution in [-0.2, 0) is 6.42 Å². The smallest absolute Gasteiger partial charge is 0.231 e. The zero-order valence-corrected chi connectivity index (χ0v) is 6.96. The number of anilines is 1. The van der Waals surface area contributed by atoms with Crippen molar-refractivity contribution >= 4 is 5.69 Å². The number of nitrogen functional groups attached to an aromatic ring is 1. The molecule has 0 aromatic heterocycles. The molecule has 3 nitrogen and oxygen atoms in total. The molecule has 0 saturated carbocycles. The van der Waals surface area contributed by atoms with Gasteiger partial charge in [0.05, 0.1) is 5.69 Å². The van der Waals surface area contributed by atoms with E-state index in [1.807, 2.05) is 12.1 Å². The molecule has 1 aliphatic rings. The number of rotatable bonds is 1. The summed E-state index contributed by atoms with van der Waals surface area (Å²) in [6.07, 6.45) is 0.959. The molecule has 0 unspecified atom stereocenters. The summed E-state index contributed by atoms with van der Waals surface area (Å²) in [5.74, 6) is 1.46. The van der Waals surface area contributed by atoms with Crippen molar-refractivity contribution < 1.29 is 9.47 Å². The average molecular weight is 165 g/mol. The standard InChI is InChI=1S/C9H11NO2/c1-2-6-3-7(10)9-8(4-6)11-5-12-9/h3-4H,2,5,10H2,1H3. The normalized spacial score (nSPS) is 13.4. The number of fused-ring (bicyclic) bond motifs is 1. The molecule has 0 amide bonds. The maximum atomic E-state index is 5.74. The summed E-state index contributed by atoms with van der Waals surface area (Å²) in [5.41, 5.74) is 7.59. The van der Waals surface area contributed by atoms with Gasteiger partial charge in [-0.25, -0.2) is 0 Å². The minimum absolute atomic E-state index is 0.284. The highest BCUT2D eigenvalue weighted by Gasteiger charge is 2.16. The van der Waals surface area contributed by atoms with Gasteiger partial charge in [0.15, 0.2) is 11.5 Å². The lowest BCUT2D eigenvalue weighted by molar-refractivity contribution is 0.174. The second-order valence-electron chi connectivity index (χ2n) is 2.77. The van der Waals surface area contributed by atoms with E-state index < -0.39 is 0 Å². The van der Waals surface area contributed by atoms with Crippen molar-refractivity contribution in [2.24, 2.45) is 0 Å². The van der Waals surface area contributed by atoms with Gasteiger partial charge in [0.2, 0.25) is 6.79 Å². The van der Waals surface area contributed by atoms with Gasteiger partial charge >= 0.3 is 0 Å². The summed E-state index contributed by atoms with van der Waals surface area (Å²) in [7, 11) is 0. The van der Waals surface area contributed by atoms with Crippen LogP contribution in [0, 0.1) is 0 Å². The Bertz CT molecular complexity index is 310. The Labute approximate surface area is 71.1 Å². The monoisotopic (exact) mass is 165 g/mol. The highest BCUT2D eigenvalue weighted by atomic mass is 16.7. The van der Waals surface area contributed by atoms with Crippen molar-refractivity contribution in [2.75, 3.05) is 12.5 Å². The first-order chi connectivity index (χ1) is 5.81. The van der Waals surface area contributed by atoms with Gasteiger partial charge in [-0.15, -0.1) is 0 Å². The van der Waals surface area contributed by atoms with Crippen molar-refractivity contribution in [1.29, 1.82) is 0 Å². The van der Waals surface area contributed by atoms with Crippen LogP contribution < -0.4 is 15.2 Å². The van der Waals surface area contributed by atoms with E-state index >= 15 is 0 Å². The molecule has 2 rings (SSSR count). The molecule has 0 bridgehead atoms. The van der Waals surface area contributed by atoms with E-state index in [2.05, 4.69) is 6.92 Å². The Balaban J connectivity index is 2.51. The van der Waals surface area contributed by atoms with E-state index in [0.717, 1.165) is 12.2 Å². The van der Waals surface area contributed by atoms with Crippen LogP contribution in [0.5, 0.6) is 11.5 Å². The highest BCUT2D eigenvalue weighted by Crippen LogP contribution is 2.38. The summed E-state index contributed by atoms with van der Waals surface area (Å²) in [5, 5.41) is 0. The molecule has 1 aromatic rings. The molecule has 12 heavy (non-hydrogen) atoms.